The molecule has 4 rings (SSSR count). The van der Waals surface area contributed by atoms with E-state index in [2.05, 4.69) is 4.90 Å². The SMILES string of the molecule is O=C(COCC1CCCO1)N1CCN(C(=O)C2CC2)C2(CCOCC2)CC1. The summed E-state index contributed by atoms with van der Waals surface area (Å²) < 4.78 is 16.7. The molecule has 4 aliphatic rings. The van der Waals surface area contributed by atoms with Gasteiger partial charge in [-0.25, -0.2) is 0 Å². The molecule has 152 valence electrons. The fourth-order valence-corrected chi connectivity index (χ4v) is 4.61. The molecule has 3 saturated heterocycles. The van der Waals surface area contributed by atoms with Crippen LogP contribution >= 0.6 is 0 Å². The van der Waals surface area contributed by atoms with E-state index in [-0.39, 0.29) is 30.1 Å². The van der Waals surface area contributed by atoms with Crippen LogP contribution in [0, 0.1) is 5.92 Å². The van der Waals surface area contributed by atoms with Gasteiger partial charge >= 0.3 is 0 Å². The Morgan fingerprint density at radius 1 is 1.00 bits per heavy atom. The molecule has 7 nitrogen and oxygen atoms in total. The number of nitrogens with zero attached hydrogens (tertiary/aromatic N) is 2. The van der Waals surface area contributed by atoms with E-state index in [1.165, 1.54) is 0 Å². The van der Waals surface area contributed by atoms with Crippen molar-refractivity contribution in [3.05, 3.63) is 0 Å². The molecule has 3 heterocycles. The van der Waals surface area contributed by atoms with Gasteiger partial charge < -0.3 is 24.0 Å². The minimum atomic E-state index is -0.133. The van der Waals surface area contributed by atoms with Gasteiger partial charge in [-0.15, -0.1) is 0 Å². The normalized spacial score (nSPS) is 28.4. The van der Waals surface area contributed by atoms with Crippen LogP contribution in [0.3, 0.4) is 0 Å². The summed E-state index contributed by atoms with van der Waals surface area (Å²) in [5.74, 6) is 0.526. The van der Waals surface area contributed by atoms with Crippen molar-refractivity contribution in [3.8, 4) is 0 Å². The molecule has 0 aromatic rings. The lowest BCUT2D eigenvalue weighted by atomic mass is 9.84. The Labute approximate surface area is 161 Å². The first kappa shape index (κ1) is 19.2. The molecule has 4 fully saturated rings. The third-order valence-corrected chi connectivity index (χ3v) is 6.54. The van der Waals surface area contributed by atoms with Crippen molar-refractivity contribution in [2.24, 2.45) is 5.92 Å². The van der Waals surface area contributed by atoms with Crippen molar-refractivity contribution >= 4 is 11.8 Å². The molecule has 0 N–H and O–H groups in total. The van der Waals surface area contributed by atoms with E-state index in [0.717, 1.165) is 51.6 Å². The Morgan fingerprint density at radius 2 is 1.81 bits per heavy atom. The highest BCUT2D eigenvalue weighted by Crippen LogP contribution is 2.39. The quantitative estimate of drug-likeness (QED) is 0.717. The number of ether oxygens (including phenoxy) is 3. The van der Waals surface area contributed by atoms with Crippen molar-refractivity contribution < 1.29 is 23.8 Å². The van der Waals surface area contributed by atoms with E-state index in [0.29, 0.717) is 45.4 Å². The summed E-state index contributed by atoms with van der Waals surface area (Å²) >= 11 is 0. The lowest BCUT2D eigenvalue weighted by Crippen LogP contribution is -2.55. The summed E-state index contributed by atoms with van der Waals surface area (Å²) in [6.45, 7) is 4.72. The molecule has 1 aliphatic carbocycles. The van der Waals surface area contributed by atoms with Crippen LogP contribution in [0.5, 0.6) is 0 Å². The molecule has 0 radical (unpaired) electrons. The number of carbonyl (C=O) groups excluding carboxylic acids is 2. The van der Waals surface area contributed by atoms with Gasteiger partial charge in [-0.1, -0.05) is 0 Å². The van der Waals surface area contributed by atoms with Gasteiger partial charge in [-0.05, 0) is 44.9 Å². The zero-order valence-electron chi connectivity index (χ0n) is 16.2. The van der Waals surface area contributed by atoms with Gasteiger partial charge in [0.15, 0.2) is 0 Å². The number of amides is 2. The average Bonchev–Trinajstić information content (AvgIpc) is 3.44. The molecule has 1 saturated carbocycles. The van der Waals surface area contributed by atoms with Gasteiger partial charge in [0.1, 0.15) is 6.61 Å². The highest BCUT2D eigenvalue weighted by molar-refractivity contribution is 5.82. The fourth-order valence-electron chi connectivity index (χ4n) is 4.61. The van der Waals surface area contributed by atoms with Crippen LogP contribution in [0.25, 0.3) is 0 Å². The Bertz CT molecular complexity index is 538. The van der Waals surface area contributed by atoms with Crippen molar-refractivity contribution in [2.45, 2.75) is 56.6 Å². The standard InChI is InChI=1S/C20H32N2O5/c23-18(15-26-14-17-2-1-11-27-17)21-8-5-20(6-12-25-13-7-20)22(10-9-21)19(24)16-3-4-16/h16-17H,1-15H2. The molecule has 7 heteroatoms. The Balaban J connectivity index is 1.34. The second-order valence-electron chi connectivity index (χ2n) is 8.38. The van der Waals surface area contributed by atoms with Gasteiger partial charge in [0.05, 0.1) is 12.7 Å². The average molecular weight is 380 g/mol. The molecule has 1 unspecified atom stereocenters. The summed E-state index contributed by atoms with van der Waals surface area (Å²) in [7, 11) is 0. The molecule has 3 aliphatic heterocycles. The third kappa shape index (κ3) is 4.46. The maximum atomic E-state index is 12.9. The first-order chi connectivity index (χ1) is 13.2. The van der Waals surface area contributed by atoms with Gasteiger partial charge in [0.2, 0.25) is 11.8 Å². The highest BCUT2D eigenvalue weighted by atomic mass is 16.5. The van der Waals surface area contributed by atoms with E-state index >= 15 is 0 Å². The molecular formula is C20H32N2O5. The minimum Gasteiger partial charge on any atom is -0.381 e. The second-order valence-corrected chi connectivity index (χ2v) is 8.38. The smallest absolute Gasteiger partial charge is 0.248 e. The summed E-state index contributed by atoms with van der Waals surface area (Å²) in [6.07, 6.45) is 6.85. The van der Waals surface area contributed by atoms with Crippen molar-refractivity contribution in [1.29, 1.82) is 0 Å². The van der Waals surface area contributed by atoms with Crippen LogP contribution in [0.4, 0.5) is 0 Å². The molecular weight excluding hydrogens is 348 g/mol. The first-order valence-corrected chi connectivity index (χ1v) is 10.5. The maximum absolute atomic E-state index is 12.9. The van der Waals surface area contributed by atoms with Gasteiger partial charge in [0, 0.05) is 50.9 Å². The molecule has 0 aromatic carbocycles. The van der Waals surface area contributed by atoms with Crippen molar-refractivity contribution in [2.75, 3.05) is 52.7 Å². The van der Waals surface area contributed by atoms with E-state index in [1.807, 2.05) is 4.90 Å². The van der Waals surface area contributed by atoms with Gasteiger partial charge in [0.25, 0.3) is 0 Å². The van der Waals surface area contributed by atoms with Crippen molar-refractivity contribution in [1.82, 2.24) is 9.80 Å². The van der Waals surface area contributed by atoms with Crippen LogP contribution in [-0.2, 0) is 23.8 Å². The zero-order chi connectivity index (χ0) is 18.7. The summed E-state index contributed by atoms with van der Waals surface area (Å²) in [6, 6.07) is 0. The third-order valence-electron chi connectivity index (χ3n) is 6.54. The number of rotatable bonds is 5. The Morgan fingerprint density at radius 3 is 2.52 bits per heavy atom. The molecule has 0 bridgehead atoms. The largest absolute Gasteiger partial charge is 0.381 e. The Kier molecular flexibility index (Phi) is 5.99. The highest BCUT2D eigenvalue weighted by Gasteiger charge is 2.46. The topological polar surface area (TPSA) is 68.3 Å². The van der Waals surface area contributed by atoms with Gasteiger partial charge in [-0.3, -0.25) is 9.59 Å². The molecule has 0 aromatic heterocycles. The lowest BCUT2D eigenvalue weighted by molar-refractivity contribution is -0.143. The second kappa shape index (κ2) is 8.45. The monoisotopic (exact) mass is 380 g/mol. The summed E-state index contributed by atoms with van der Waals surface area (Å²) in [5.41, 5.74) is -0.133. The minimum absolute atomic E-state index is 0.0240. The molecule has 1 spiro atoms. The van der Waals surface area contributed by atoms with E-state index in [1.54, 1.807) is 0 Å². The predicted octanol–water partition coefficient (Wildman–Crippen LogP) is 1.20. The van der Waals surface area contributed by atoms with Crippen LogP contribution in [0.15, 0.2) is 0 Å². The van der Waals surface area contributed by atoms with E-state index < -0.39 is 0 Å². The van der Waals surface area contributed by atoms with Crippen LogP contribution in [0.1, 0.15) is 44.9 Å². The number of hydrogen-bond acceptors (Lipinski definition) is 5. The first-order valence-electron chi connectivity index (χ1n) is 10.5. The maximum Gasteiger partial charge on any atom is 0.248 e. The van der Waals surface area contributed by atoms with E-state index in [9.17, 15) is 9.59 Å². The predicted molar refractivity (Wildman–Crippen MR) is 98.2 cm³/mol. The van der Waals surface area contributed by atoms with Crippen molar-refractivity contribution in [3.63, 3.8) is 0 Å². The molecule has 1 atom stereocenters. The lowest BCUT2D eigenvalue weighted by Gasteiger charge is -2.45. The molecule has 2 amide bonds. The summed E-state index contributed by atoms with van der Waals surface area (Å²) in [4.78, 5) is 29.6. The van der Waals surface area contributed by atoms with Crippen LogP contribution < -0.4 is 0 Å². The number of carbonyl (C=O) groups is 2. The van der Waals surface area contributed by atoms with E-state index in [4.69, 9.17) is 14.2 Å². The van der Waals surface area contributed by atoms with Crippen LogP contribution in [-0.4, -0.2) is 85.9 Å². The zero-order valence-corrected chi connectivity index (χ0v) is 16.2. The number of hydrogen-bond donors (Lipinski definition) is 0. The van der Waals surface area contributed by atoms with Gasteiger partial charge in [-0.2, -0.15) is 0 Å². The fraction of sp³-hybridized carbons (Fsp3) is 0.900. The summed E-state index contributed by atoms with van der Waals surface area (Å²) in [5, 5.41) is 0. The van der Waals surface area contributed by atoms with Crippen LogP contribution in [0.2, 0.25) is 0 Å². The Hall–Kier alpha value is -1.18. The molecule has 27 heavy (non-hydrogen) atoms.